The van der Waals surface area contributed by atoms with Crippen molar-refractivity contribution in [3.63, 3.8) is 0 Å². The topological polar surface area (TPSA) is 83.9 Å². The lowest BCUT2D eigenvalue weighted by molar-refractivity contribution is -0.0429. The van der Waals surface area contributed by atoms with Crippen LogP contribution in [0.15, 0.2) is 0 Å². The molecule has 0 aromatic rings. The molecule has 0 aliphatic carbocycles. The Kier molecular flexibility index (Phi) is 4.27. The zero-order valence-electron chi connectivity index (χ0n) is 11.2. The van der Waals surface area contributed by atoms with E-state index in [1.807, 2.05) is 0 Å². The molecule has 0 spiro atoms. The van der Waals surface area contributed by atoms with Crippen LogP contribution < -0.4 is 0 Å². The average molecular weight is 279 g/mol. The molecule has 106 valence electrons. The number of piperidine rings is 1. The highest BCUT2D eigenvalue weighted by Crippen LogP contribution is 2.23. The SMILES string of the molecule is CC(C)(C)OC(=O)N1CCCC(S(C)(=O)=O)C1O. The largest absolute Gasteiger partial charge is 0.444 e. The van der Waals surface area contributed by atoms with Crippen molar-refractivity contribution in [3.05, 3.63) is 0 Å². The van der Waals surface area contributed by atoms with E-state index in [1.165, 1.54) is 0 Å². The normalized spacial score (nSPS) is 25.9. The highest BCUT2D eigenvalue weighted by molar-refractivity contribution is 7.91. The zero-order chi connectivity index (χ0) is 14.1. The first-order valence-corrected chi connectivity index (χ1v) is 7.84. The number of amides is 1. The number of hydrogen-bond donors (Lipinski definition) is 1. The smallest absolute Gasteiger partial charge is 0.412 e. The van der Waals surface area contributed by atoms with Crippen LogP contribution in [0, 0.1) is 0 Å². The van der Waals surface area contributed by atoms with Gasteiger partial charge in [-0.1, -0.05) is 0 Å². The van der Waals surface area contributed by atoms with E-state index < -0.39 is 33.0 Å². The Morgan fingerprint density at radius 2 is 1.94 bits per heavy atom. The summed E-state index contributed by atoms with van der Waals surface area (Å²) in [5.74, 6) is 0. The predicted molar refractivity (Wildman–Crippen MR) is 66.8 cm³/mol. The third-order valence-corrected chi connectivity index (χ3v) is 4.30. The Morgan fingerprint density at radius 3 is 2.39 bits per heavy atom. The van der Waals surface area contributed by atoms with Crippen molar-refractivity contribution in [1.82, 2.24) is 4.90 Å². The molecule has 18 heavy (non-hydrogen) atoms. The van der Waals surface area contributed by atoms with E-state index in [0.717, 1.165) is 11.2 Å². The van der Waals surface area contributed by atoms with Gasteiger partial charge in [-0.25, -0.2) is 13.2 Å². The van der Waals surface area contributed by atoms with Crippen molar-refractivity contribution in [2.45, 2.75) is 50.7 Å². The Balaban J connectivity index is 2.81. The lowest BCUT2D eigenvalue weighted by atomic mass is 10.1. The number of likely N-dealkylation sites (tertiary alicyclic amines) is 1. The third kappa shape index (κ3) is 3.84. The minimum absolute atomic E-state index is 0.308. The van der Waals surface area contributed by atoms with Crippen LogP contribution in [-0.4, -0.2) is 54.4 Å². The van der Waals surface area contributed by atoms with Crippen LogP contribution in [0.5, 0.6) is 0 Å². The van der Waals surface area contributed by atoms with Gasteiger partial charge in [0.1, 0.15) is 17.1 Å². The van der Waals surface area contributed by atoms with E-state index in [-0.39, 0.29) is 0 Å². The third-order valence-electron chi connectivity index (χ3n) is 2.72. The molecule has 1 fully saturated rings. The fraction of sp³-hybridized carbons (Fsp3) is 0.909. The van der Waals surface area contributed by atoms with E-state index in [0.29, 0.717) is 19.4 Å². The summed E-state index contributed by atoms with van der Waals surface area (Å²) in [6.45, 7) is 5.46. The number of carbonyl (C=O) groups is 1. The maximum absolute atomic E-state index is 11.8. The molecule has 0 aromatic carbocycles. The van der Waals surface area contributed by atoms with Gasteiger partial charge in [0.25, 0.3) is 0 Å². The van der Waals surface area contributed by atoms with Crippen molar-refractivity contribution in [2.24, 2.45) is 0 Å². The summed E-state index contributed by atoms with van der Waals surface area (Å²) in [5.41, 5.74) is -0.672. The highest BCUT2D eigenvalue weighted by atomic mass is 32.2. The van der Waals surface area contributed by atoms with Crippen molar-refractivity contribution >= 4 is 15.9 Å². The molecular weight excluding hydrogens is 258 g/mol. The van der Waals surface area contributed by atoms with Crippen molar-refractivity contribution in [1.29, 1.82) is 0 Å². The predicted octanol–water partition coefficient (Wildman–Crippen LogP) is 0.749. The molecule has 1 saturated heterocycles. The molecule has 6 nitrogen and oxygen atoms in total. The summed E-state index contributed by atoms with van der Waals surface area (Å²) >= 11 is 0. The molecule has 1 N–H and O–H groups in total. The van der Waals surface area contributed by atoms with E-state index >= 15 is 0 Å². The maximum Gasteiger partial charge on any atom is 0.412 e. The van der Waals surface area contributed by atoms with Crippen LogP contribution in [-0.2, 0) is 14.6 Å². The first-order chi connectivity index (χ1) is 8.02. The second kappa shape index (κ2) is 5.05. The molecule has 1 aliphatic heterocycles. The van der Waals surface area contributed by atoms with Crippen molar-refractivity contribution in [3.8, 4) is 0 Å². The average Bonchev–Trinajstić information content (AvgIpc) is 2.12. The lowest BCUT2D eigenvalue weighted by Crippen LogP contribution is -2.54. The minimum atomic E-state index is -3.38. The summed E-state index contributed by atoms with van der Waals surface area (Å²) < 4.78 is 28.2. The van der Waals surface area contributed by atoms with E-state index in [1.54, 1.807) is 20.8 Å². The second-order valence-corrected chi connectivity index (χ2v) is 7.86. The van der Waals surface area contributed by atoms with Gasteiger partial charge in [-0.2, -0.15) is 0 Å². The monoisotopic (exact) mass is 279 g/mol. The summed E-state index contributed by atoms with van der Waals surface area (Å²) in [7, 11) is -3.38. The number of hydrogen-bond acceptors (Lipinski definition) is 5. The molecule has 0 radical (unpaired) electrons. The van der Waals surface area contributed by atoms with E-state index in [4.69, 9.17) is 4.74 Å². The van der Waals surface area contributed by atoms with E-state index in [9.17, 15) is 18.3 Å². The van der Waals surface area contributed by atoms with Gasteiger partial charge in [-0.3, -0.25) is 4.90 Å². The fourth-order valence-corrected chi connectivity index (χ4v) is 3.08. The van der Waals surface area contributed by atoms with Crippen molar-refractivity contribution in [2.75, 3.05) is 12.8 Å². The van der Waals surface area contributed by atoms with Crippen LogP contribution >= 0.6 is 0 Å². The number of ether oxygens (including phenoxy) is 1. The molecule has 0 saturated carbocycles. The highest BCUT2D eigenvalue weighted by Gasteiger charge is 2.40. The molecule has 1 rings (SSSR count). The first-order valence-electron chi connectivity index (χ1n) is 5.89. The summed E-state index contributed by atoms with van der Waals surface area (Å²) in [5, 5.41) is 9.05. The van der Waals surface area contributed by atoms with Gasteiger partial charge in [0, 0.05) is 12.8 Å². The standard InChI is InChI=1S/C11H21NO5S/c1-11(2,3)17-10(14)12-7-5-6-8(9(12)13)18(4,15)16/h8-9,13H,5-7H2,1-4H3. The fourth-order valence-electron chi connectivity index (χ4n) is 1.90. The van der Waals surface area contributed by atoms with Gasteiger partial charge < -0.3 is 9.84 Å². The molecule has 2 atom stereocenters. The summed E-state index contributed by atoms with van der Waals surface area (Å²) in [6.07, 6.45) is -0.0424. The quantitative estimate of drug-likeness (QED) is 0.765. The molecule has 0 aromatic heterocycles. The van der Waals surface area contributed by atoms with Gasteiger partial charge in [-0.15, -0.1) is 0 Å². The Hall–Kier alpha value is -0.820. The van der Waals surface area contributed by atoms with Crippen LogP contribution in [0.2, 0.25) is 0 Å². The van der Waals surface area contributed by atoms with E-state index in [2.05, 4.69) is 0 Å². The summed E-state index contributed by atoms with van der Waals surface area (Å²) in [4.78, 5) is 12.9. The summed E-state index contributed by atoms with van der Waals surface area (Å²) in [6, 6.07) is 0. The second-order valence-electron chi connectivity index (χ2n) is 5.60. The number of nitrogens with zero attached hydrogens (tertiary/aromatic N) is 1. The minimum Gasteiger partial charge on any atom is -0.444 e. The number of aliphatic hydroxyl groups excluding tert-OH is 1. The lowest BCUT2D eigenvalue weighted by Gasteiger charge is -2.37. The van der Waals surface area contributed by atoms with Crippen LogP contribution in [0.25, 0.3) is 0 Å². The van der Waals surface area contributed by atoms with Crippen LogP contribution in [0.1, 0.15) is 33.6 Å². The first kappa shape index (κ1) is 15.2. The van der Waals surface area contributed by atoms with Gasteiger partial charge in [0.2, 0.25) is 0 Å². The molecule has 7 heteroatoms. The van der Waals surface area contributed by atoms with Crippen LogP contribution in [0.3, 0.4) is 0 Å². The van der Waals surface area contributed by atoms with Gasteiger partial charge >= 0.3 is 6.09 Å². The number of sulfone groups is 1. The Labute approximate surface area is 108 Å². The Bertz CT molecular complexity index is 412. The Morgan fingerprint density at radius 1 is 1.39 bits per heavy atom. The zero-order valence-corrected chi connectivity index (χ0v) is 12.0. The molecule has 1 heterocycles. The van der Waals surface area contributed by atoms with Gasteiger partial charge in [0.15, 0.2) is 9.84 Å². The maximum atomic E-state index is 11.8. The van der Waals surface area contributed by atoms with Gasteiger partial charge in [-0.05, 0) is 33.6 Å². The molecule has 1 aliphatic rings. The molecular formula is C11H21NO5S. The van der Waals surface area contributed by atoms with Crippen LogP contribution in [0.4, 0.5) is 4.79 Å². The molecule has 1 amide bonds. The van der Waals surface area contributed by atoms with Gasteiger partial charge in [0.05, 0.1) is 0 Å². The molecule has 2 unspecified atom stereocenters. The number of rotatable bonds is 1. The molecule has 0 bridgehead atoms. The number of carbonyl (C=O) groups excluding carboxylic acids is 1. The van der Waals surface area contributed by atoms with Crippen molar-refractivity contribution < 1.29 is 23.1 Å². The number of aliphatic hydroxyl groups is 1.